The highest BCUT2D eigenvalue weighted by molar-refractivity contribution is 5.93. The highest BCUT2D eigenvalue weighted by atomic mass is 16.2. The summed E-state index contributed by atoms with van der Waals surface area (Å²) in [5.74, 6) is 1.76. The molecule has 4 nitrogen and oxygen atoms in total. The van der Waals surface area contributed by atoms with Crippen molar-refractivity contribution in [3.8, 4) is 0 Å². The first-order valence-corrected chi connectivity index (χ1v) is 7.04. The highest BCUT2D eigenvalue weighted by Gasteiger charge is 2.24. The SMILES string of the molecule is CCC(CC1CC1)Nc1ccc(C(=O)N(C)C)cn1. The van der Waals surface area contributed by atoms with E-state index in [1.807, 2.05) is 12.1 Å². The maximum absolute atomic E-state index is 11.8. The largest absolute Gasteiger partial charge is 0.367 e. The van der Waals surface area contributed by atoms with E-state index >= 15 is 0 Å². The lowest BCUT2D eigenvalue weighted by Gasteiger charge is -2.17. The Hall–Kier alpha value is -1.58. The summed E-state index contributed by atoms with van der Waals surface area (Å²) in [6.07, 6.45) is 6.74. The lowest BCUT2D eigenvalue weighted by Crippen LogP contribution is -2.22. The molecule has 0 aromatic carbocycles. The molecule has 0 saturated heterocycles. The van der Waals surface area contributed by atoms with Crippen LogP contribution in [0.4, 0.5) is 5.82 Å². The molecule has 1 aliphatic rings. The molecule has 4 heteroatoms. The molecule has 0 radical (unpaired) electrons. The van der Waals surface area contributed by atoms with Gasteiger partial charge in [-0.1, -0.05) is 19.8 Å². The van der Waals surface area contributed by atoms with Gasteiger partial charge in [0.15, 0.2) is 0 Å². The summed E-state index contributed by atoms with van der Waals surface area (Å²) in [5, 5.41) is 3.46. The summed E-state index contributed by atoms with van der Waals surface area (Å²) in [5.41, 5.74) is 0.630. The van der Waals surface area contributed by atoms with Crippen LogP contribution in [0.5, 0.6) is 0 Å². The first kappa shape index (κ1) is 13.8. The zero-order chi connectivity index (χ0) is 13.8. The molecule has 1 unspecified atom stereocenters. The summed E-state index contributed by atoms with van der Waals surface area (Å²) < 4.78 is 0. The van der Waals surface area contributed by atoms with Gasteiger partial charge < -0.3 is 10.2 Å². The summed E-state index contributed by atoms with van der Waals surface area (Å²) in [6, 6.07) is 4.23. The van der Waals surface area contributed by atoms with Gasteiger partial charge in [-0.3, -0.25) is 4.79 Å². The van der Waals surface area contributed by atoms with Crippen LogP contribution in [0.25, 0.3) is 0 Å². The van der Waals surface area contributed by atoms with Crippen molar-refractivity contribution in [2.45, 2.75) is 38.6 Å². The number of nitrogens with one attached hydrogen (secondary N) is 1. The van der Waals surface area contributed by atoms with E-state index in [-0.39, 0.29) is 5.91 Å². The maximum atomic E-state index is 11.8. The van der Waals surface area contributed by atoms with Gasteiger partial charge in [-0.05, 0) is 30.9 Å². The summed E-state index contributed by atoms with van der Waals surface area (Å²) in [7, 11) is 3.49. The van der Waals surface area contributed by atoms with Crippen molar-refractivity contribution in [2.24, 2.45) is 5.92 Å². The van der Waals surface area contributed by atoms with Crippen molar-refractivity contribution in [1.82, 2.24) is 9.88 Å². The van der Waals surface area contributed by atoms with E-state index in [1.165, 1.54) is 19.3 Å². The standard InChI is InChI=1S/C15H23N3O/c1-4-13(9-11-5-6-11)17-14-8-7-12(10-16-14)15(19)18(2)3/h7-8,10-11,13H,4-6,9H2,1-3H3,(H,16,17). The van der Waals surface area contributed by atoms with Gasteiger partial charge >= 0.3 is 0 Å². The fourth-order valence-corrected chi connectivity index (χ4v) is 2.16. The Labute approximate surface area is 115 Å². The molecule has 104 valence electrons. The Morgan fingerprint density at radius 3 is 2.68 bits per heavy atom. The quantitative estimate of drug-likeness (QED) is 0.856. The van der Waals surface area contributed by atoms with Crippen molar-refractivity contribution in [3.63, 3.8) is 0 Å². The Balaban J connectivity index is 1.95. The molecule has 1 aliphatic carbocycles. The zero-order valence-corrected chi connectivity index (χ0v) is 12.0. The predicted molar refractivity (Wildman–Crippen MR) is 77.3 cm³/mol. The minimum Gasteiger partial charge on any atom is -0.367 e. The molecule has 0 aliphatic heterocycles. The second-order valence-electron chi connectivity index (χ2n) is 5.56. The van der Waals surface area contributed by atoms with Crippen molar-refractivity contribution < 1.29 is 4.79 Å². The maximum Gasteiger partial charge on any atom is 0.254 e. The molecule has 0 bridgehead atoms. The van der Waals surface area contributed by atoms with Crippen LogP contribution in [0, 0.1) is 5.92 Å². The normalized spacial score (nSPS) is 15.9. The number of amides is 1. The van der Waals surface area contributed by atoms with Gasteiger partial charge in [0.25, 0.3) is 5.91 Å². The summed E-state index contributed by atoms with van der Waals surface area (Å²) >= 11 is 0. The van der Waals surface area contributed by atoms with Crippen LogP contribution >= 0.6 is 0 Å². The van der Waals surface area contributed by atoms with Crippen LogP contribution in [-0.2, 0) is 0 Å². The van der Waals surface area contributed by atoms with Gasteiger partial charge in [0.05, 0.1) is 5.56 Å². The summed E-state index contributed by atoms with van der Waals surface area (Å²) in [4.78, 5) is 17.7. The minimum absolute atomic E-state index is 0.0101. The van der Waals surface area contributed by atoms with Crippen LogP contribution in [0.1, 0.15) is 43.0 Å². The van der Waals surface area contributed by atoms with Crippen LogP contribution < -0.4 is 5.32 Å². The third-order valence-electron chi connectivity index (χ3n) is 3.58. The molecule has 1 amide bonds. The third kappa shape index (κ3) is 3.94. The van der Waals surface area contributed by atoms with Gasteiger partial charge in [0, 0.05) is 26.3 Å². The van der Waals surface area contributed by atoms with E-state index in [9.17, 15) is 4.79 Å². The number of anilines is 1. The Bertz CT molecular complexity index is 424. The van der Waals surface area contributed by atoms with Crippen LogP contribution in [-0.4, -0.2) is 35.9 Å². The topological polar surface area (TPSA) is 45.2 Å². The lowest BCUT2D eigenvalue weighted by atomic mass is 10.1. The molecule has 1 N–H and O–H groups in total. The van der Waals surface area contributed by atoms with Crippen molar-refractivity contribution in [2.75, 3.05) is 19.4 Å². The van der Waals surface area contributed by atoms with Crippen LogP contribution in [0.15, 0.2) is 18.3 Å². The Kier molecular flexibility index (Phi) is 4.40. The average Bonchev–Trinajstić information content (AvgIpc) is 3.22. The Morgan fingerprint density at radius 2 is 2.21 bits per heavy atom. The van der Waals surface area contributed by atoms with Crippen molar-refractivity contribution in [1.29, 1.82) is 0 Å². The van der Waals surface area contributed by atoms with E-state index in [0.717, 1.165) is 18.2 Å². The van der Waals surface area contributed by atoms with Crippen molar-refractivity contribution in [3.05, 3.63) is 23.9 Å². The van der Waals surface area contributed by atoms with Gasteiger partial charge in [0.2, 0.25) is 0 Å². The molecular weight excluding hydrogens is 238 g/mol. The van der Waals surface area contributed by atoms with Gasteiger partial charge in [-0.15, -0.1) is 0 Å². The van der Waals surface area contributed by atoms with Gasteiger partial charge in [0.1, 0.15) is 5.82 Å². The minimum atomic E-state index is -0.0101. The van der Waals surface area contributed by atoms with E-state index in [0.29, 0.717) is 11.6 Å². The fourth-order valence-electron chi connectivity index (χ4n) is 2.16. The number of aromatic nitrogens is 1. The number of hydrogen-bond donors (Lipinski definition) is 1. The predicted octanol–water partition coefficient (Wildman–Crippen LogP) is 2.77. The number of carbonyl (C=O) groups excluding carboxylic acids is 1. The molecule has 2 rings (SSSR count). The highest BCUT2D eigenvalue weighted by Crippen LogP contribution is 2.34. The molecule has 1 saturated carbocycles. The monoisotopic (exact) mass is 261 g/mol. The fraction of sp³-hybridized carbons (Fsp3) is 0.600. The van der Waals surface area contributed by atoms with E-state index in [1.54, 1.807) is 25.2 Å². The number of hydrogen-bond acceptors (Lipinski definition) is 3. The molecule has 1 aromatic rings. The lowest BCUT2D eigenvalue weighted by molar-refractivity contribution is 0.0827. The first-order chi connectivity index (χ1) is 9.10. The third-order valence-corrected chi connectivity index (χ3v) is 3.58. The first-order valence-electron chi connectivity index (χ1n) is 7.04. The van der Waals surface area contributed by atoms with Gasteiger partial charge in [-0.2, -0.15) is 0 Å². The summed E-state index contributed by atoms with van der Waals surface area (Å²) in [6.45, 7) is 2.20. The number of carbonyl (C=O) groups is 1. The smallest absolute Gasteiger partial charge is 0.254 e. The molecule has 1 atom stereocenters. The van der Waals surface area contributed by atoms with E-state index in [2.05, 4.69) is 17.2 Å². The van der Waals surface area contributed by atoms with Crippen LogP contribution in [0.3, 0.4) is 0 Å². The average molecular weight is 261 g/mol. The second kappa shape index (κ2) is 6.04. The molecule has 1 heterocycles. The van der Waals surface area contributed by atoms with E-state index in [4.69, 9.17) is 0 Å². The number of rotatable bonds is 6. The van der Waals surface area contributed by atoms with Crippen LogP contribution in [0.2, 0.25) is 0 Å². The Morgan fingerprint density at radius 1 is 1.47 bits per heavy atom. The number of pyridine rings is 1. The molecule has 19 heavy (non-hydrogen) atoms. The van der Waals surface area contributed by atoms with Gasteiger partial charge in [-0.25, -0.2) is 4.98 Å². The molecular formula is C15H23N3O. The molecule has 0 spiro atoms. The van der Waals surface area contributed by atoms with E-state index < -0.39 is 0 Å². The number of nitrogens with zero attached hydrogens (tertiary/aromatic N) is 2. The second-order valence-corrected chi connectivity index (χ2v) is 5.56. The molecule has 1 fully saturated rings. The molecule has 1 aromatic heterocycles. The van der Waals surface area contributed by atoms with Crippen molar-refractivity contribution >= 4 is 11.7 Å². The zero-order valence-electron chi connectivity index (χ0n) is 12.0.